The van der Waals surface area contributed by atoms with Gasteiger partial charge in [0.1, 0.15) is 0 Å². The second kappa shape index (κ2) is 13.9. The third kappa shape index (κ3) is 5.45. The van der Waals surface area contributed by atoms with Gasteiger partial charge in [0.25, 0.3) is 0 Å². The highest BCUT2D eigenvalue weighted by atomic mass is 15.0. The molecule has 310 valence electrons. The summed E-state index contributed by atoms with van der Waals surface area (Å²) >= 11 is 0. The molecule has 0 atom stereocenters. The van der Waals surface area contributed by atoms with Gasteiger partial charge in [0.15, 0.2) is 0 Å². The van der Waals surface area contributed by atoms with Crippen molar-refractivity contribution in [3.63, 3.8) is 0 Å². The minimum atomic E-state index is 1.14. The number of nitrogens with zero attached hydrogens (tertiary/aromatic N) is 3. The van der Waals surface area contributed by atoms with Crippen molar-refractivity contribution in [3.8, 4) is 39.3 Å². The third-order valence-electron chi connectivity index (χ3n) is 14.0. The van der Waals surface area contributed by atoms with Gasteiger partial charge in [0, 0.05) is 71.2 Å². The van der Waals surface area contributed by atoms with Crippen molar-refractivity contribution in [1.82, 2.24) is 18.7 Å². The van der Waals surface area contributed by atoms with E-state index in [1.165, 1.54) is 121 Å². The van der Waals surface area contributed by atoms with Crippen LogP contribution in [-0.2, 0) is 0 Å². The second-order valence-electron chi connectivity index (χ2n) is 18.0. The van der Waals surface area contributed by atoms with Crippen molar-refractivity contribution in [2.24, 2.45) is 0 Å². The van der Waals surface area contributed by atoms with Crippen molar-refractivity contribution >= 4 is 87.2 Å². The highest BCUT2D eigenvalue weighted by Gasteiger charge is 2.19. The lowest BCUT2D eigenvalue weighted by Gasteiger charge is -2.10. The molecule has 0 saturated carbocycles. The first-order valence-electron chi connectivity index (χ1n) is 22.8. The Morgan fingerprint density at radius 1 is 0.258 bits per heavy atom. The summed E-state index contributed by atoms with van der Waals surface area (Å²) in [6.45, 7) is 4.37. The largest absolute Gasteiger partial charge is 0.355 e. The highest BCUT2D eigenvalue weighted by molar-refractivity contribution is 6.15. The Morgan fingerprint density at radius 2 is 0.621 bits per heavy atom. The first-order valence-corrected chi connectivity index (χ1v) is 22.8. The monoisotopic (exact) mass is 842 g/mol. The molecule has 14 aromatic rings. The molecule has 0 fully saturated rings. The molecule has 0 amide bonds. The number of para-hydroxylation sites is 3. The van der Waals surface area contributed by atoms with Crippen molar-refractivity contribution in [3.05, 3.63) is 223 Å². The van der Waals surface area contributed by atoms with Gasteiger partial charge in [0.05, 0.1) is 33.1 Å². The van der Waals surface area contributed by atoms with Gasteiger partial charge in [-0.1, -0.05) is 102 Å². The number of nitrogens with one attached hydrogen (secondary N) is 1. The minimum absolute atomic E-state index is 1.14. The molecule has 0 unspecified atom stereocenters. The van der Waals surface area contributed by atoms with Crippen LogP contribution in [0.2, 0.25) is 0 Å². The maximum absolute atomic E-state index is 3.64. The van der Waals surface area contributed by atoms with Crippen LogP contribution in [0.25, 0.3) is 127 Å². The van der Waals surface area contributed by atoms with Gasteiger partial charge in [-0.3, -0.25) is 0 Å². The van der Waals surface area contributed by atoms with E-state index in [2.05, 4.69) is 245 Å². The topological polar surface area (TPSA) is 30.6 Å². The summed E-state index contributed by atoms with van der Waals surface area (Å²) in [5.74, 6) is 0. The quantitative estimate of drug-likeness (QED) is 0.179. The molecule has 0 bridgehead atoms. The zero-order valence-corrected chi connectivity index (χ0v) is 36.5. The molecule has 4 heterocycles. The van der Waals surface area contributed by atoms with Crippen LogP contribution < -0.4 is 0 Å². The van der Waals surface area contributed by atoms with Crippen molar-refractivity contribution in [2.75, 3.05) is 0 Å². The molecule has 14 rings (SSSR count). The number of rotatable bonds is 5. The maximum atomic E-state index is 3.64. The first kappa shape index (κ1) is 36.8. The van der Waals surface area contributed by atoms with Crippen LogP contribution in [-0.4, -0.2) is 18.7 Å². The molecule has 4 aromatic heterocycles. The van der Waals surface area contributed by atoms with Gasteiger partial charge in [-0.05, 0) is 157 Å². The molecule has 4 heteroatoms. The van der Waals surface area contributed by atoms with Crippen LogP contribution in [0, 0.1) is 13.8 Å². The fourth-order valence-corrected chi connectivity index (χ4v) is 11.0. The number of fused-ring (bicyclic) bond motifs is 12. The number of H-pyrrole nitrogens is 1. The van der Waals surface area contributed by atoms with Crippen LogP contribution >= 0.6 is 0 Å². The van der Waals surface area contributed by atoms with Crippen LogP contribution in [0.15, 0.2) is 212 Å². The van der Waals surface area contributed by atoms with Gasteiger partial charge < -0.3 is 18.7 Å². The average molecular weight is 843 g/mol. The lowest BCUT2D eigenvalue weighted by atomic mass is 9.98. The standard InChI is InChI=1S/C62H42N4/c1-38-17-25-57-49(31-38)51-33-40(19-27-59(51)64(57)44-11-5-3-6-12-44)42-21-29-61-53(35-42)54-36-43(22-30-62(54)66(61)46-23-24-56-48(37-46)47-15-9-10-16-55(47)63-56)41-20-28-60-52(34-41)50-32-39(2)18-26-58(50)65(60)45-13-7-4-8-14-45/h3-37,63H,1-2H3. The van der Waals surface area contributed by atoms with E-state index in [4.69, 9.17) is 0 Å². The maximum Gasteiger partial charge on any atom is 0.0541 e. The molecule has 0 aliphatic rings. The molecule has 0 aliphatic heterocycles. The summed E-state index contributed by atoms with van der Waals surface area (Å²) in [5.41, 5.74) is 20.3. The van der Waals surface area contributed by atoms with Crippen LogP contribution in [0.1, 0.15) is 11.1 Å². The van der Waals surface area contributed by atoms with Gasteiger partial charge >= 0.3 is 0 Å². The Labute approximate surface area is 380 Å². The van der Waals surface area contributed by atoms with Gasteiger partial charge in [-0.15, -0.1) is 0 Å². The van der Waals surface area contributed by atoms with Gasteiger partial charge in [0.2, 0.25) is 0 Å². The summed E-state index contributed by atoms with van der Waals surface area (Å²) in [5, 5.41) is 9.96. The molecule has 0 saturated heterocycles. The number of benzene rings is 10. The molecule has 66 heavy (non-hydrogen) atoms. The molecule has 0 radical (unpaired) electrons. The zero-order valence-electron chi connectivity index (χ0n) is 36.5. The Hall–Kier alpha value is -8.60. The average Bonchev–Trinajstić information content (AvgIpc) is 4.09. The van der Waals surface area contributed by atoms with E-state index in [0.29, 0.717) is 0 Å². The van der Waals surface area contributed by atoms with E-state index >= 15 is 0 Å². The van der Waals surface area contributed by atoms with Crippen LogP contribution in [0.4, 0.5) is 0 Å². The number of hydrogen-bond acceptors (Lipinski definition) is 0. The lowest BCUT2D eigenvalue weighted by molar-refractivity contribution is 1.18. The number of aryl methyl sites for hydroxylation is 2. The molecular weight excluding hydrogens is 801 g/mol. The minimum Gasteiger partial charge on any atom is -0.355 e. The fourth-order valence-electron chi connectivity index (χ4n) is 11.0. The number of aromatic amines is 1. The Morgan fingerprint density at radius 3 is 1.08 bits per heavy atom. The smallest absolute Gasteiger partial charge is 0.0541 e. The first-order chi connectivity index (χ1) is 32.5. The van der Waals surface area contributed by atoms with Gasteiger partial charge in [-0.2, -0.15) is 0 Å². The summed E-state index contributed by atoms with van der Waals surface area (Å²) in [4.78, 5) is 3.64. The highest BCUT2D eigenvalue weighted by Crippen LogP contribution is 2.42. The van der Waals surface area contributed by atoms with E-state index in [1.807, 2.05) is 0 Å². The normalized spacial score (nSPS) is 12.1. The molecule has 1 N–H and O–H groups in total. The Bertz CT molecular complexity index is 4070. The molecule has 0 spiro atoms. The second-order valence-corrected chi connectivity index (χ2v) is 18.0. The molecule has 4 nitrogen and oxygen atoms in total. The lowest BCUT2D eigenvalue weighted by Crippen LogP contribution is -1.94. The van der Waals surface area contributed by atoms with Crippen LogP contribution in [0.3, 0.4) is 0 Å². The van der Waals surface area contributed by atoms with E-state index in [-0.39, 0.29) is 0 Å². The summed E-state index contributed by atoms with van der Waals surface area (Å²) in [6.07, 6.45) is 0. The fraction of sp³-hybridized carbons (Fsp3) is 0.0323. The third-order valence-corrected chi connectivity index (χ3v) is 14.0. The molecular formula is C62H42N4. The SMILES string of the molecule is Cc1ccc2c(c1)c1cc(-c3ccc4c(c3)c3cc(-c5ccc6c(c5)c5cc(C)ccc5n6-c5ccccc5)ccc3n4-c3ccc4[nH]c5ccccc5c4c3)ccc1n2-c1ccccc1. The van der Waals surface area contributed by atoms with E-state index in [0.717, 1.165) is 16.7 Å². The number of aromatic nitrogens is 4. The van der Waals surface area contributed by atoms with Crippen molar-refractivity contribution in [2.45, 2.75) is 13.8 Å². The van der Waals surface area contributed by atoms with Gasteiger partial charge in [-0.25, -0.2) is 0 Å². The number of hydrogen-bond donors (Lipinski definition) is 1. The Kier molecular flexibility index (Phi) is 7.79. The molecule has 10 aromatic carbocycles. The summed E-state index contributed by atoms with van der Waals surface area (Å²) < 4.78 is 7.25. The Balaban J connectivity index is 0.989. The predicted molar refractivity (Wildman–Crippen MR) is 279 cm³/mol. The van der Waals surface area contributed by atoms with E-state index in [1.54, 1.807) is 0 Å². The van der Waals surface area contributed by atoms with Crippen molar-refractivity contribution in [1.29, 1.82) is 0 Å². The predicted octanol–water partition coefficient (Wildman–Crippen LogP) is 16.6. The van der Waals surface area contributed by atoms with Crippen LogP contribution in [0.5, 0.6) is 0 Å². The zero-order chi connectivity index (χ0) is 43.6. The summed E-state index contributed by atoms with van der Waals surface area (Å²) in [7, 11) is 0. The molecule has 0 aliphatic carbocycles. The van der Waals surface area contributed by atoms with E-state index < -0.39 is 0 Å². The van der Waals surface area contributed by atoms with Crippen molar-refractivity contribution < 1.29 is 0 Å². The van der Waals surface area contributed by atoms with E-state index in [9.17, 15) is 0 Å². The summed E-state index contributed by atoms with van der Waals surface area (Å²) in [6, 6.07) is 78.7.